The normalized spacial score (nSPS) is 20.9. The highest BCUT2D eigenvalue weighted by Crippen LogP contribution is 2.38. The molecule has 1 aliphatic heterocycles. The van der Waals surface area contributed by atoms with Gasteiger partial charge in [0.15, 0.2) is 0 Å². The molecule has 1 atom stereocenters. The molecule has 2 aromatic rings. The Labute approximate surface area is 146 Å². The summed E-state index contributed by atoms with van der Waals surface area (Å²) in [6.45, 7) is 2.46. The van der Waals surface area contributed by atoms with E-state index < -0.39 is 0 Å². The molecule has 0 N–H and O–H groups in total. The monoisotopic (exact) mass is 340 g/mol. The molecule has 6 nitrogen and oxygen atoms in total. The maximum Gasteiger partial charge on any atom is 0.266 e. The number of nitrogens with zero attached hydrogens (tertiary/aromatic N) is 4. The van der Waals surface area contributed by atoms with Crippen molar-refractivity contribution >= 4 is 0 Å². The lowest BCUT2D eigenvalue weighted by Gasteiger charge is -2.25. The standard InChI is InChI=1S/C19H24N4O2/c1-21-11-14(4-8-18(21)24)12-22-10-2-3-16(22)13-23-19(25)9-7-17(20-23)15-5-6-15/h4,7-9,11,15-16H,2-3,5-6,10,12-13H2,1H3. The molecule has 2 fully saturated rings. The van der Waals surface area contributed by atoms with Crippen LogP contribution in [0, 0.1) is 0 Å². The van der Waals surface area contributed by atoms with Gasteiger partial charge in [-0.2, -0.15) is 5.10 Å². The van der Waals surface area contributed by atoms with Crippen LogP contribution in [-0.2, 0) is 20.1 Å². The minimum atomic E-state index is -0.0154. The first-order valence-corrected chi connectivity index (χ1v) is 9.08. The van der Waals surface area contributed by atoms with Crippen molar-refractivity contribution in [3.05, 3.63) is 62.4 Å². The molecule has 0 aromatic carbocycles. The molecule has 0 spiro atoms. The Morgan fingerprint density at radius 1 is 1.08 bits per heavy atom. The van der Waals surface area contributed by atoms with Crippen LogP contribution >= 0.6 is 0 Å². The molecule has 3 heterocycles. The van der Waals surface area contributed by atoms with E-state index in [0.29, 0.717) is 18.5 Å². The van der Waals surface area contributed by atoms with Gasteiger partial charge >= 0.3 is 0 Å². The Bertz CT molecular complexity index is 881. The summed E-state index contributed by atoms with van der Waals surface area (Å²) in [5.41, 5.74) is 2.18. The van der Waals surface area contributed by atoms with Gasteiger partial charge in [0.1, 0.15) is 0 Å². The molecule has 1 aliphatic carbocycles. The number of aromatic nitrogens is 3. The predicted molar refractivity (Wildman–Crippen MR) is 95.6 cm³/mol. The van der Waals surface area contributed by atoms with E-state index in [1.165, 1.54) is 12.8 Å². The Morgan fingerprint density at radius 3 is 2.64 bits per heavy atom. The molecule has 0 bridgehead atoms. The molecule has 4 rings (SSSR count). The van der Waals surface area contributed by atoms with Crippen molar-refractivity contribution in [2.45, 2.75) is 50.7 Å². The molecule has 0 radical (unpaired) electrons. The first kappa shape index (κ1) is 16.3. The Balaban J connectivity index is 1.50. The molecule has 25 heavy (non-hydrogen) atoms. The number of aryl methyl sites for hydroxylation is 1. The minimum absolute atomic E-state index is 0.00867. The van der Waals surface area contributed by atoms with Crippen LogP contribution in [0.3, 0.4) is 0 Å². The van der Waals surface area contributed by atoms with Gasteiger partial charge < -0.3 is 4.57 Å². The zero-order valence-corrected chi connectivity index (χ0v) is 14.6. The number of likely N-dealkylation sites (tertiary alicyclic amines) is 1. The van der Waals surface area contributed by atoms with Crippen molar-refractivity contribution in [2.24, 2.45) is 7.05 Å². The first-order chi connectivity index (χ1) is 12.1. The maximum atomic E-state index is 12.2. The molecule has 1 saturated carbocycles. The van der Waals surface area contributed by atoms with E-state index in [1.807, 2.05) is 18.3 Å². The molecule has 132 valence electrons. The van der Waals surface area contributed by atoms with E-state index in [-0.39, 0.29) is 11.1 Å². The molecule has 1 saturated heterocycles. The highest BCUT2D eigenvalue weighted by molar-refractivity contribution is 5.13. The first-order valence-electron chi connectivity index (χ1n) is 9.08. The fraction of sp³-hybridized carbons (Fsp3) is 0.526. The van der Waals surface area contributed by atoms with Crippen LogP contribution in [0.15, 0.2) is 40.1 Å². The van der Waals surface area contributed by atoms with Crippen molar-refractivity contribution in [3.63, 3.8) is 0 Å². The highest BCUT2D eigenvalue weighted by atomic mass is 16.1. The van der Waals surface area contributed by atoms with Crippen LogP contribution in [0.4, 0.5) is 0 Å². The largest absolute Gasteiger partial charge is 0.318 e. The van der Waals surface area contributed by atoms with Gasteiger partial charge in [-0.15, -0.1) is 0 Å². The van der Waals surface area contributed by atoms with Gasteiger partial charge in [-0.05, 0) is 43.9 Å². The molecule has 1 unspecified atom stereocenters. The van der Waals surface area contributed by atoms with Crippen LogP contribution < -0.4 is 11.1 Å². The third-order valence-electron chi connectivity index (χ3n) is 5.30. The van der Waals surface area contributed by atoms with Crippen molar-refractivity contribution in [3.8, 4) is 0 Å². The summed E-state index contributed by atoms with van der Waals surface area (Å²) in [5, 5.41) is 4.60. The smallest absolute Gasteiger partial charge is 0.266 e. The highest BCUT2D eigenvalue weighted by Gasteiger charge is 2.28. The van der Waals surface area contributed by atoms with E-state index in [9.17, 15) is 9.59 Å². The van der Waals surface area contributed by atoms with Gasteiger partial charge in [-0.1, -0.05) is 6.07 Å². The number of pyridine rings is 1. The third-order valence-corrected chi connectivity index (χ3v) is 5.30. The fourth-order valence-corrected chi connectivity index (χ4v) is 3.68. The average Bonchev–Trinajstić information content (AvgIpc) is 3.35. The van der Waals surface area contributed by atoms with E-state index >= 15 is 0 Å². The molecule has 2 aliphatic rings. The number of rotatable bonds is 5. The molecule has 0 amide bonds. The van der Waals surface area contributed by atoms with Gasteiger partial charge in [0.05, 0.1) is 12.2 Å². The quantitative estimate of drug-likeness (QED) is 0.827. The van der Waals surface area contributed by atoms with Crippen molar-refractivity contribution in [1.82, 2.24) is 19.2 Å². The SMILES string of the molecule is Cn1cc(CN2CCCC2Cn2nc(C3CC3)ccc2=O)ccc1=O. The summed E-state index contributed by atoms with van der Waals surface area (Å²) >= 11 is 0. The lowest BCUT2D eigenvalue weighted by atomic mass is 10.2. The Kier molecular flexibility index (Phi) is 4.29. The van der Waals surface area contributed by atoms with E-state index in [2.05, 4.69) is 10.00 Å². The second-order valence-electron chi connectivity index (χ2n) is 7.31. The second kappa shape index (κ2) is 6.59. The molecular formula is C19H24N4O2. The average molecular weight is 340 g/mol. The third kappa shape index (κ3) is 3.58. The van der Waals surface area contributed by atoms with E-state index in [1.54, 1.807) is 28.4 Å². The summed E-state index contributed by atoms with van der Waals surface area (Å²) in [4.78, 5) is 26.1. The topological polar surface area (TPSA) is 60.1 Å². The van der Waals surface area contributed by atoms with Crippen molar-refractivity contribution < 1.29 is 0 Å². The summed E-state index contributed by atoms with van der Waals surface area (Å²) in [6.07, 6.45) is 6.48. The summed E-state index contributed by atoms with van der Waals surface area (Å²) in [5.74, 6) is 0.553. The van der Waals surface area contributed by atoms with Gasteiger partial charge in [0.2, 0.25) is 5.56 Å². The van der Waals surface area contributed by atoms with Gasteiger partial charge in [0, 0.05) is 43.9 Å². The van der Waals surface area contributed by atoms with E-state index in [0.717, 1.165) is 37.2 Å². The zero-order valence-electron chi connectivity index (χ0n) is 14.6. The lowest BCUT2D eigenvalue weighted by molar-refractivity contribution is 0.216. The Hall–Kier alpha value is -2.21. The Morgan fingerprint density at radius 2 is 1.88 bits per heavy atom. The minimum Gasteiger partial charge on any atom is -0.318 e. The van der Waals surface area contributed by atoms with Crippen LogP contribution in [-0.4, -0.2) is 31.8 Å². The van der Waals surface area contributed by atoms with Crippen LogP contribution in [0.25, 0.3) is 0 Å². The number of hydrogen-bond donors (Lipinski definition) is 0. The van der Waals surface area contributed by atoms with Crippen LogP contribution in [0.2, 0.25) is 0 Å². The maximum absolute atomic E-state index is 12.2. The van der Waals surface area contributed by atoms with Crippen molar-refractivity contribution in [1.29, 1.82) is 0 Å². The fourth-order valence-electron chi connectivity index (χ4n) is 3.68. The van der Waals surface area contributed by atoms with Crippen LogP contribution in [0.1, 0.15) is 42.9 Å². The summed E-state index contributed by atoms with van der Waals surface area (Å²) in [6, 6.07) is 7.37. The lowest BCUT2D eigenvalue weighted by Crippen LogP contribution is -2.37. The second-order valence-corrected chi connectivity index (χ2v) is 7.31. The molecular weight excluding hydrogens is 316 g/mol. The summed E-state index contributed by atoms with van der Waals surface area (Å²) < 4.78 is 3.27. The van der Waals surface area contributed by atoms with Gasteiger partial charge in [-0.25, -0.2) is 4.68 Å². The van der Waals surface area contributed by atoms with Gasteiger partial charge in [-0.3, -0.25) is 14.5 Å². The molecule has 6 heteroatoms. The predicted octanol–water partition coefficient (Wildman–Crippen LogP) is 1.48. The van der Waals surface area contributed by atoms with Crippen molar-refractivity contribution in [2.75, 3.05) is 6.54 Å². The number of hydrogen-bond acceptors (Lipinski definition) is 4. The van der Waals surface area contributed by atoms with Crippen LogP contribution in [0.5, 0.6) is 0 Å². The molecule has 2 aromatic heterocycles. The van der Waals surface area contributed by atoms with Gasteiger partial charge in [0.25, 0.3) is 5.56 Å². The summed E-state index contributed by atoms with van der Waals surface area (Å²) in [7, 11) is 1.78. The zero-order chi connectivity index (χ0) is 17.4. The van der Waals surface area contributed by atoms with E-state index in [4.69, 9.17) is 0 Å².